The standard InChI is InChI=1S/C12H14BrNO4/c13-10-3-1-8(2-4-10)6-14-7-9(12(17)18)5-11(15)16/h1-4,9,14H,5-7H2,(H,15,16)(H,17,18). The van der Waals surface area contributed by atoms with Gasteiger partial charge in [0.15, 0.2) is 0 Å². The summed E-state index contributed by atoms with van der Waals surface area (Å²) in [4.78, 5) is 21.3. The fourth-order valence-electron chi connectivity index (χ4n) is 1.45. The van der Waals surface area contributed by atoms with Crippen LogP contribution < -0.4 is 5.32 Å². The van der Waals surface area contributed by atoms with Crippen LogP contribution >= 0.6 is 15.9 Å². The molecule has 0 aliphatic heterocycles. The van der Waals surface area contributed by atoms with Crippen LogP contribution in [0, 0.1) is 5.92 Å². The van der Waals surface area contributed by atoms with Crippen molar-refractivity contribution >= 4 is 27.9 Å². The Morgan fingerprint density at radius 1 is 1.22 bits per heavy atom. The molecule has 0 spiro atoms. The van der Waals surface area contributed by atoms with Crippen LogP contribution in [0.1, 0.15) is 12.0 Å². The summed E-state index contributed by atoms with van der Waals surface area (Å²) in [7, 11) is 0. The van der Waals surface area contributed by atoms with Crippen LogP contribution in [0.2, 0.25) is 0 Å². The molecule has 3 N–H and O–H groups in total. The van der Waals surface area contributed by atoms with Crippen LogP contribution in [0.4, 0.5) is 0 Å². The summed E-state index contributed by atoms with van der Waals surface area (Å²) in [6.07, 6.45) is -0.372. The van der Waals surface area contributed by atoms with Gasteiger partial charge in [-0.2, -0.15) is 0 Å². The lowest BCUT2D eigenvalue weighted by Gasteiger charge is -2.11. The van der Waals surface area contributed by atoms with E-state index in [1.807, 2.05) is 24.3 Å². The predicted octanol–water partition coefficient (Wildman–Crippen LogP) is 1.71. The minimum atomic E-state index is -1.10. The monoisotopic (exact) mass is 315 g/mol. The lowest BCUT2D eigenvalue weighted by Crippen LogP contribution is -2.30. The Morgan fingerprint density at radius 2 is 1.83 bits per heavy atom. The van der Waals surface area contributed by atoms with Crippen LogP contribution in [0.5, 0.6) is 0 Å². The Labute approximate surface area is 113 Å². The molecule has 1 aromatic carbocycles. The third kappa shape index (κ3) is 5.29. The van der Waals surface area contributed by atoms with Crippen LogP contribution in [0.15, 0.2) is 28.7 Å². The van der Waals surface area contributed by atoms with E-state index < -0.39 is 17.9 Å². The highest BCUT2D eigenvalue weighted by Gasteiger charge is 2.20. The molecule has 5 nitrogen and oxygen atoms in total. The first kappa shape index (κ1) is 14.7. The number of carbonyl (C=O) groups is 2. The molecule has 6 heteroatoms. The second kappa shape index (κ2) is 7.13. The zero-order valence-corrected chi connectivity index (χ0v) is 11.2. The Bertz CT molecular complexity index is 419. The molecule has 0 fully saturated rings. The van der Waals surface area contributed by atoms with Gasteiger partial charge in [-0.15, -0.1) is 0 Å². The molecule has 0 radical (unpaired) electrons. The number of carboxylic acid groups (broad SMARTS) is 2. The topological polar surface area (TPSA) is 86.6 Å². The van der Waals surface area contributed by atoms with Gasteiger partial charge in [0.2, 0.25) is 0 Å². The maximum atomic E-state index is 10.8. The molecule has 0 amide bonds. The summed E-state index contributed by atoms with van der Waals surface area (Å²) in [5.41, 5.74) is 1.01. The van der Waals surface area contributed by atoms with Gasteiger partial charge in [-0.1, -0.05) is 28.1 Å². The van der Waals surface area contributed by atoms with Gasteiger partial charge < -0.3 is 15.5 Å². The van der Waals surface area contributed by atoms with Gasteiger partial charge in [0.1, 0.15) is 0 Å². The van der Waals surface area contributed by atoms with Crippen molar-refractivity contribution in [1.29, 1.82) is 0 Å². The van der Waals surface area contributed by atoms with Crippen molar-refractivity contribution in [2.24, 2.45) is 5.92 Å². The molecular formula is C12H14BrNO4. The summed E-state index contributed by atoms with van der Waals surface area (Å²) in [5, 5.41) is 20.4. The minimum absolute atomic E-state index is 0.137. The van der Waals surface area contributed by atoms with Gasteiger partial charge in [-0.05, 0) is 17.7 Å². The summed E-state index contributed by atoms with van der Waals surface area (Å²) in [5.74, 6) is -3.11. The Kier molecular flexibility index (Phi) is 5.80. The largest absolute Gasteiger partial charge is 0.481 e. The van der Waals surface area contributed by atoms with Crippen molar-refractivity contribution in [3.8, 4) is 0 Å². The maximum absolute atomic E-state index is 10.8. The third-order valence-corrected chi connectivity index (χ3v) is 2.93. The average Bonchev–Trinajstić information content (AvgIpc) is 2.29. The molecule has 1 rings (SSSR count). The molecular weight excluding hydrogens is 302 g/mol. The van der Waals surface area contributed by atoms with E-state index in [0.29, 0.717) is 6.54 Å². The fraction of sp³-hybridized carbons (Fsp3) is 0.333. The molecule has 0 bridgehead atoms. The van der Waals surface area contributed by atoms with Crippen molar-refractivity contribution in [3.05, 3.63) is 34.3 Å². The van der Waals surface area contributed by atoms with Crippen molar-refractivity contribution in [1.82, 2.24) is 5.32 Å². The molecule has 0 aromatic heterocycles. The smallest absolute Gasteiger partial charge is 0.308 e. The van der Waals surface area contributed by atoms with Crippen LogP contribution in [-0.4, -0.2) is 28.7 Å². The number of nitrogens with one attached hydrogen (secondary N) is 1. The van der Waals surface area contributed by atoms with E-state index in [9.17, 15) is 9.59 Å². The summed E-state index contributed by atoms with van der Waals surface area (Å²) in [6, 6.07) is 7.60. The summed E-state index contributed by atoms with van der Waals surface area (Å²) >= 11 is 3.32. The highest BCUT2D eigenvalue weighted by Crippen LogP contribution is 2.10. The molecule has 0 aliphatic rings. The number of benzene rings is 1. The van der Waals surface area contributed by atoms with Crippen molar-refractivity contribution in [2.45, 2.75) is 13.0 Å². The number of rotatable bonds is 7. The number of aliphatic carboxylic acids is 2. The first-order valence-corrected chi connectivity index (χ1v) is 6.18. The Balaban J connectivity index is 2.41. The number of halogens is 1. The second-order valence-electron chi connectivity index (χ2n) is 3.89. The van der Waals surface area contributed by atoms with Gasteiger partial charge in [-0.3, -0.25) is 9.59 Å². The number of carboxylic acids is 2. The predicted molar refractivity (Wildman–Crippen MR) is 69.2 cm³/mol. The van der Waals surface area contributed by atoms with Crippen LogP contribution in [0.3, 0.4) is 0 Å². The lowest BCUT2D eigenvalue weighted by atomic mass is 10.1. The lowest BCUT2D eigenvalue weighted by molar-refractivity contribution is -0.148. The quantitative estimate of drug-likeness (QED) is 0.713. The van der Waals surface area contributed by atoms with Crippen molar-refractivity contribution in [3.63, 3.8) is 0 Å². The van der Waals surface area contributed by atoms with Gasteiger partial charge >= 0.3 is 11.9 Å². The number of hydrogen-bond acceptors (Lipinski definition) is 3. The Morgan fingerprint density at radius 3 is 2.33 bits per heavy atom. The van der Waals surface area contributed by atoms with Crippen molar-refractivity contribution < 1.29 is 19.8 Å². The van der Waals surface area contributed by atoms with E-state index in [4.69, 9.17) is 10.2 Å². The van der Waals surface area contributed by atoms with E-state index in [-0.39, 0.29) is 13.0 Å². The maximum Gasteiger partial charge on any atom is 0.308 e. The summed E-state index contributed by atoms with van der Waals surface area (Å²) < 4.78 is 0.973. The molecule has 0 saturated carbocycles. The average molecular weight is 316 g/mol. The third-order valence-electron chi connectivity index (χ3n) is 2.40. The first-order chi connectivity index (χ1) is 8.49. The summed E-state index contributed by atoms with van der Waals surface area (Å²) in [6.45, 7) is 0.647. The van der Waals surface area contributed by atoms with E-state index in [1.165, 1.54) is 0 Å². The molecule has 1 unspecified atom stereocenters. The van der Waals surface area contributed by atoms with E-state index in [0.717, 1.165) is 10.0 Å². The molecule has 98 valence electrons. The van der Waals surface area contributed by atoms with Gasteiger partial charge in [0.05, 0.1) is 12.3 Å². The minimum Gasteiger partial charge on any atom is -0.481 e. The zero-order valence-electron chi connectivity index (χ0n) is 9.60. The molecule has 1 atom stereocenters. The van der Waals surface area contributed by atoms with Crippen LogP contribution in [0.25, 0.3) is 0 Å². The molecule has 0 aliphatic carbocycles. The van der Waals surface area contributed by atoms with Crippen LogP contribution in [-0.2, 0) is 16.1 Å². The SMILES string of the molecule is O=C(O)CC(CNCc1ccc(Br)cc1)C(=O)O. The zero-order chi connectivity index (χ0) is 13.5. The highest BCUT2D eigenvalue weighted by atomic mass is 79.9. The normalized spacial score (nSPS) is 12.1. The van der Waals surface area contributed by atoms with Gasteiger partial charge in [0, 0.05) is 17.6 Å². The van der Waals surface area contributed by atoms with E-state index in [1.54, 1.807) is 0 Å². The highest BCUT2D eigenvalue weighted by molar-refractivity contribution is 9.10. The molecule has 0 saturated heterocycles. The van der Waals surface area contributed by atoms with E-state index in [2.05, 4.69) is 21.2 Å². The molecule has 18 heavy (non-hydrogen) atoms. The van der Waals surface area contributed by atoms with E-state index >= 15 is 0 Å². The molecule has 0 heterocycles. The number of hydrogen-bond donors (Lipinski definition) is 3. The molecule has 1 aromatic rings. The van der Waals surface area contributed by atoms with Gasteiger partial charge in [0.25, 0.3) is 0 Å². The first-order valence-electron chi connectivity index (χ1n) is 5.39. The van der Waals surface area contributed by atoms with Gasteiger partial charge in [-0.25, -0.2) is 0 Å². The fourth-order valence-corrected chi connectivity index (χ4v) is 1.71. The second-order valence-corrected chi connectivity index (χ2v) is 4.81. The Hall–Kier alpha value is -1.40. The van der Waals surface area contributed by atoms with Crippen molar-refractivity contribution in [2.75, 3.05) is 6.54 Å².